The largest absolute Gasteiger partial charge is 0.467 e. The second-order valence-electron chi connectivity index (χ2n) is 5.92. The minimum absolute atomic E-state index is 0.278. The lowest BCUT2D eigenvalue weighted by Crippen LogP contribution is -2.22. The van der Waals surface area contributed by atoms with Gasteiger partial charge < -0.3 is 14.3 Å². The van der Waals surface area contributed by atoms with Gasteiger partial charge in [-0.15, -0.1) is 20.4 Å². The van der Waals surface area contributed by atoms with Crippen LogP contribution in [-0.2, 0) is 18.8 Å². The minimum Gasteiger partial charge on any atom is -0.467 e. The second-order valence-corrected chi connectivity index (χ2v) is 7.92. The lowest BCUT2D eigenvalue weighted by atomic mass is 10.2. The Labute approximate surface area is 173 Å². The Morgan fingerprint density at radius 1 is 1.21 bits per heavy atom. The molecule has 0 saturated carbocycles. The summed E-state index contributed by atoms with van der Waals surface area (Å²) in [6, 6.07) is 9.67. The summed E-state index contributed by atoms with van der Waals surface area (Å²) in [5, 5.41) is 20.5. The highest BCUT2D eigenvalue weighted by Crippen LogP contribution is 2.23. The number of carbonyl (C=O) groups excluding carboxylic acids is 1. The molecule has 0 aliphatic heterocycles. The molecule has 3 aromatic heterocycles. The van der Waals surface area contributed by atoms with Crippen molar-refractivity contribution in [3.05, 3.63) is 76.1 Å². The van der Waals surface area contributed by atoms with Crippen LogP contribution >= 0.6 is 23.1 Å². The lowest BCUT2D eigenvalue weighted by molar-refractivity contribution is 0.0950. The number of benzene rings is 1. The summed E-state index contributed by atoms with van der Waals surface area (Å²) in [5.41, 5.74) is 0.802. The molecule has 0 radical (unpaired) electrons. The maximum Gasteiger partial charge on any atom is 0.282 e. The minimum atomic E-state index is -0.316. The number of hydrogen-bond acceptors (Lipinski definition) is 8. The maximum atomic E-state index is 12.9. The zero-order valence-corrected chi connectivity index (χ0v) is 16.6. The highest BCUT2D eigenvalue weighted by atomic mass is 32.2. The monoisotopic (exact) mass is 430 g/mol. The standard InChI is InChI=1S/C18H15FN6O2S2/c19-13-5-3-12(4-6-13)8-20-16(26)17-23-22-15(29-17)10-28-18-24-21-11-25(18)9-14-2-1-7-27-14/h1-7,11H,8-10H2,(H,20,26). The zero-order chi connectivity index (χ0) is 20.1. The first kappa shape index (κ1) is 19.3. The van der Waals surface area contributed by atoms with E-state index in [1.807, 2.05) is 16.7 Å². The first-order chi connectivity index (χ1) is 14.2. The van der Waals surface area contributed by atoms with Crippen LogP contribution in [0.3, 0.4) is 0 Å². The highest BCUT2D eigenvalue weighted by Gasteiger charge is 2.14. The van der Waals surface area contributed by atoms with Crippen LogP contribution < -0.4 is 5.32 Å². The fraction of sp³-hybridized carbons (Fsp3) is 0.167. The van der Waals surface area contributed by atoms with Crippen molar-refractivity contribution in [2.24, 2.45) is 0 Å². The SMILES string of the molecule is O=C(NCc1ccc(F)cc1)c1nnc(CSc2nncn2Cc2ccco2)s1. The number of thioether (sulfide) groups is 1. The maximum absolute atomic E-state index is 12.9. The van der Waals surface area contributed by atoms with Gasteiger partial charge in [-0.3, -0.25) is 4.79 Å². The zero-order valence-electron chi connectivity index (χ0n) is 15.0. The van der Waals surface area contributed by atoms with Crippen molar-refractivity contribution in [1.82, 2.24) is 30.3 Å². The molecule has 8 nitrogen and oxygen atoms in total. The van der Waals surface area contributed by atoms with Gasteiger partial charge in [-0.1, -0.05) is 35.2 Å². The van der Waals surface area contributed by atoms with E-state index in [-0.39, 0.29) is 16.7 Å². The molecule has 0 unspecified atom stereocenters. The van der Waals surface area contributed by atoms with Crippen molar-refractivity contribution >= 4 is 29.0 Å². The van der Waals surface area contributed by atoms with Gasteiger partial charge in [-0.25, -0.2) is 4.39 Å². The van der Waals surface area contributed by atoms with E-state index in [0.717, 1.165) is 16.5 Å². The molecule has 0 aliphatic carbocycles. The second kappa shape index (κ2) is 8.97. The van der Waals surface area contributed by atoms with E-state index >= 15 is 0 Å². The topological polar surface area (TPSA) is 98.7 Å². The van der Waals surface area contributed by atoms with E-state index in [0.29, 0.717) is 23.8 Å². The molecule has 3 heterocycles. The summed E-state index contributed by atoms with van der Waals surface area (Å²) >= 11 is 2.67. The van der Waals surface area contributed by atoms with Crippen molar-refractivity contribution in [1.29, 1.82) is 0 Å². The van der Waals surface area contributed by atoms with Crippen LogP contribution in [0.2, 0.25) is 0 Å². The third-order valence-corrected chi connectivity index (χ3v) is 5.94. The van der Waals surface area contributed by atoms with Crippen molar-refractivity contribution in [3.63, 3.8) is 0 Å². The number of furan rings is 1. The number of nitrogens with one attached hydrogen (secondary N) is 1. The normalized spacial score (nSPS) is 10.9. The van der Waals surface area contributed by atoms with E-state index in [4.69, 9.17) is 4.42 Å². The predicted octanol–water partition coefficient (Wildman–Crippen LogP) is 3.13. The number of nitrogens with zero attached hydrogens (tertiary/aromatic N) is 5. The molecule has 4 rings (SSSR count). The molecule has 0 spiro atoms. The van der Waals surface area contributed by atoms with Crippen LogP contribution in [0.15, 0.2) is 58.6 Å². The van der Waals surface area contributed by atoms with Gasteiger partial charge >= 0.3 is 0 Å². The first-order valence-electron chi connectivity index (χ1n) is 8.55. The van der Waals surface area contributed by atoms with Crippen molar-refractivity contribution in [3.8, 4) is 0 Å². The van der Waals surface area contributed by atoms with E-state index in [2.05, 4.69) is 25.7 Å². The molecular formula is C18H15FN6O2S2. The summed E-state index contributed by atoms with van der Waals surface area (Å²) in [4.78, 5) is 12.2. The smallest absolute Gasteiger partial charge is 0.282 e. The molecule has 0 bridgehead atoms. The summed E-state index contributed by atoms with van der Waals surface area (Å²) in [6.07, 6.45) is 3.26. The lowest BCUT2D eigenvalue weighted by Gasteiger charge is -2.03. The summed E-state index contributed by atoms with van der Waals surface area (Å²) in [7, 11) is 0. The molecule has 0 saturated heterocycles. The van der Waals surface area contributed by atoms with Crippen LogP contribution in [0.5, 0.6) is 0 Å². The Kier molecular flexibility index (Phi) is 5.96. The number of aromatic nitrogens is 5. The van der Waals surface area contributed by atoms with Crippen molar-refractivity contribution in [2.45, 2.75) is 24.0 Å². The Morgan fingerprint density at radius 2 is 2.07 bits per heavy atom. The van der Waals surface area contributed by atoms with E-state index in [1.54, 1.807) is 24.7 Å². The third-order valence-electron chi connectivity index (χ3n) is 3.84. The van der Waals surface area contributed by atoms with Crippen LogP contribution in [0.25, 0.3) is 0 Å². The van der Waals surface area contributed by atoms with Crippen molar-refractivity contribution in [2.75, 3.05) is 0 Å². The number of amides is 1. The van der Waals surface area contributed by atoms with Gasteiger partial charge in [0.1, 0.15) is 22.9 Å². The molecule has 0 atom stereocenters. The van der Waals surface area contributed by atoms with Crippen LogP contribution in [0.1, 0.15) is 26.1 Å². The van der Waals surface area contributed by atoms with Gasteiger partial charge in [0.2, 0.25) is 5.01 Å². The Hall–Kier alpha value is -3.05. The first-order valence-corrected chi connectivity index (χ1v) is 10.4. The fourth-order valence-corrected chi connectivity index (χ4v) is 4.08. The summed E-state index contributed by atoms with van der Waals surface area (Å²) in [6.45, 7) is 0.828. The number of halogens is 1. The molecule has 0 aliphatic rings. The van der Waals surface area contributed by atoms with Gasteiger partial charge in [0.25, 0.3) is 5.91 Å². The number of carbonyl (C=O) groups is 1. The Morgan fingerprint density at radius 3 is 2.86 bits per heavy atom. The van der Waals surface area contributed by atoms with Gasteiger partial charge in [-0.05, 0) is 29.8 Å². The summed E-state index contributed by atoms with van der Waals surface area (Å²) < 4.78 is 20.1. The molecule has 29 heavy (non-hydrogen) atoms. The molecule has 1 aromatic carbocycles. The van der Waals surface area contributed by atoms with Crippen LogP contribution in [0, 0.1) is 5.82 Å². The Balaban J connectivity index is 1.31. The average Bonchev–Trinajstić information content (AvgIpc) is 3.48. The molecule has 1 amide bonds. The summed E-state index contributed by atoms with van der Waals surface area (Å²) in [5.74, 6) is 0.692. The number of hydrogen-bond donors (Lipinski definition) is 1. The van der Waals surface area contributed by atoms with Gasteiger partial charge in [0.15, 0.2) is 5.16 Å². The van der Waals surface area contributed by atoms with Gasteiger partial charge in [-0.2, -0.15) is 0 Å². The molecule has 1 N–H and O–H groups in total. The van der Waals surface area contributed by atoms with Crippen molar-refractivity contribution < 1.29 is 13.6 Å². The quantitative estimate of drug-likeness (QED) is 0.429. The van der Waals surface area contributed by atoms with E-state index in [9.17, 15) is 9.18 Å². The van der Waals surface area contributed by atoms with Crippen LogP contribution in [0.4, 0.5) is 4.39 Å². The van der Waals surface area contributed by atoms with Gasteiger partial charge in [0, 0.05) is 6.54 Å². The third kappa shape index (κ3) is 5.06. The molecule has 11 heteroatoms. The van der Waals surface area contributed by atoms with E-state index < -0.39 is 0 Å². The van der Waals surface area contributed by atoms with Crippen LogP contribution in [-0.4, -0.2) is 30.9 Å². The number of rotatable bonds is 8. The highest BCUT2D eigenvalue weighted by molar-refractivity contribution is 7.98. The molecule has 148 valence electrons. The Bertz CT molecular complexity index is 1080. The molecular weight excluding hydrogens is 415 g/mol. The fourth-order valence-electron chi connectivity index (χ4n) is 2.43. The average molecular weight is 430 g/mol. The molecule has 0 fully saturated rings. The van der Waals surface area contributed by atoms with E-state index in [1.165, 1.54) is 35.2 Å². The molecule has 4 aromatic rings. The van der Waals surface area contributed by atoms with Gasteiger partial charge in [0.05, 0.1) is 18.6 Å². The predicted molar refractivity (Wildman–Crippen MR) is 105 cm³/mol.